The van der Waals surface area contributed by atoms with E-state index < -0.39 is 5.97 Å². The molecule has 0 atom stereocenters. The van der Waals surface area contributed by atoms with Gasteiger partial charge in [0.25, 0.3) is 5.91 Å². The zero-order chi connectivity index (χ0) is 21.8. The van der Waals surface area contributed by atoms with Gasteiger partial charge in [0, 0.05) is 11.0 Å². The van der Waals surface area contributed by atoms with Crippen LogP contribution in [0.1, 0.15) is 22.8 Å². The van der Waals surface area contributed by atoms with Crippen LogP contribution in [-0.2, 0) is 4.79 Å². The number of rotatable bonds is 6. The predicted molar refractivity (Wildman–Crippen MR) is 121 cm³/mol. The van der Waals surface area contributed by atoms with Crippen LogP contribution in [0.15, 0.2) is 50.8 Å². The molecule has 1 saturated heterocycles. The normalized spacial score (nSPS) is 16.4. The van der Waals surface area contributed by atoms with E-state index in [-0.39, 0.29) is 11.5 Å². The Hall–Kier alpha value is -2.78. The van der Waals surface area contributed by atoms with Gasteiger partial charge in [-0.25, -0.2) is 9.79 Å². The van der Waals surface area contributed by atoms with Crippen molar-refractivity contribution < 1.29 is 24.2 Å². The van der Waals surface area contributed by atoms with Crippen molar-refractivity contribution in [3.8, 4) is 11.5 Å². The number of nitrogens with zero attached hydrogens (tertiary/aromatic N) is 2. The predicted octanol–water partition coefficient (Wildman–Crippen LogP) is 4.79. The first-order chi connectivity index (χ1) is 14.4. The Kier molecular flexibility index (Phi) is 6.84. The number of carboxylic acid groups (broad SMARTS) is 1. The monoisotopic (exact) mass is 490 g/mol. The lowest BCUT2D eigenvalue weighted by molar-refractivity contribution is -0.122. The molecule has 0 unspecified atom stereocenters. The number of aromatic carboxylic acids is 1. The van der Waals surface area contributed by atoms with Crippen LogP contribution in [0.4, 0.5) is 5.69 Å². The number of carboxylic acids is 1. The summed E-state index contributed by atoms with van der Waals surface area (Å²) in [5.74, 6) is -0.0712. The lowest BCUT2D eigenvalue weighted by Gasteiger charge is -2.12. The van der Waals surface area contributed by atoms with Crippen LogP contribution in [0.2, 0.25) is 0 Å². The van der Waals surface area contributed by atoms with Crippen LogP contribution < -0.4 is 9.47 Å². The van der Waals surface area contributed by atoms with Crippen molar-refractivity contribution in [2.75, 3.05) is 20.8 Å². The van der Waals surface area contributed by atoms with Crippen molar-refractivity contribution in [3.63, 3.8) is 0 Å². The fraction of sp³-hybridized carbons (Fsp3) is 0.190. The quantitative estimate of drug-likeness (QED) is 0.585. The van der Waals surface area contributed by atoms with Gasteiger partial charge in [-0.3, -0.25) is 9.69 Å². The highest BCUT2D eigenvalue weighted by molar-refractivity contribution is 9.10. The summed E-state index contributed by atoms with van der Waals surface area (Å²) in [6, 6.07) is 9.85. The Morgan fingerprint density at radius 2 is 1.93 bits per heavy atom. The molecule has 0 spiro atoms. The second kappa shape index (κ2) is 9.36. The Labute approximate surface area is 186 Å². The zero-order valence-electron chi connectivity index (χ0n) is 16.5. The molecule has 9 heteroatoms. The summed E-state index contributed by atoms with van der Waals surface area (Å²) in [5, 5.41) is 9.67. The molecule has 30 heavy (non-hydrogen) atoms. The van der Waals surface area contributed by atoms with Gasteiger partial charge in [0.15, 0.2) is 16.7 Å². The second-order valence-corrected chi connectivity index (χ2v) is 8.00. The Morgan fingerprint density at radius 3 is 2.57 bits per heavy atom. The second-order valence-electron chi connectivity index (χ2n) is 6.14. The molecule has 0 bridgehead atoms. The summed E-state index contributed by atoms with van der Waals surface area (Å²) in [6.07, 6.45) is 1.76. The molecule has 156 valence electrons. The third-order valence-corrected chi connectivity index (χ3v) is 6.01. The molecule has 1 amide bonds. The number of amidine groups is 1. The average Bonchev–Trinajstić information content (AvgIpc) is 3.03. The number of thioether (sulfide) groups is 1. The molecule has 7 nitrogen and oxygen atoms in total. The number of hydrogen-bond donors (Lipinski definition) is 1. The number of amides is 1. The van der Waals surface area contributed by atoms with Crippen molar-refractivity contribution >= 4 is 56.5 Å². The third kappa shape index (κ3) is 4.52. The van der Waals surface area contributed by atoms with Crippen LogP contribution in [-0.4, -0.2) is 47.8 Å². The highest BCUT2D eigenvalue weighted by Crippen LogP contribution is 2.38. The van der Waals surface area contributed by atoms with Gasteiger partial charge in [0.1, 0.15) is 0 Å². The molecule has 1 aliphatic heterocycles. The van der Waals surface area contributed by atoms with Crippen LogP contribution in [0.5, 0.6) is 11.5 Å². The number of aliphatic imine (C=N–C) groups is 1. The van der Waals surface area contributed by atoms with E-state index in [9.17, 15) is 14.7 Å². The number of ether oxygens (including phenoxy) is 2. The number of hydrogen-bond acceptors (Lipinski definition) is 6. The van der Waals surface area contributed by atoms with Crippen LogP contribution in [0, 0.1) is 0 Å². The summed E-state index contributed by atoms with van der Waals surface area (Å²) < 4.78 is 11.4. The smallest absolute Gasteiger partial charge is 0.335 e. The topological polar surface area (TPSA) is 88.4 Å². The minimum Gasteiger partial charge on any atom is -0.493 e. The van der Waals surface area contributed by atoms with Crippen molar-refractivity contribution in [2.24, 2.45) is 4.99 Å². The van der Waals surface area contributed by atoms with Gasteiger partial charge >= 0.3 is 5.97 Å². The first-order valence-corrected chi connectivity index (χ1v) is 10.5. The summed E-state index contributed by atoms with van der Waals surface area (Å²) in [4.78, 5) is 30.6. The van der Waals surface area contributed by atoms with Crippen molar-refractivity contribution in [2.45, 2.75) is 6.92 Å². The number of methoxy groups -OCH3 is 2. The first-order valence-electron chi connectivity index (χ1n) is 8.93. The fourth-order valence-electron chi connectivity index (χ4n) is 2.81. The Bertz CT molecular complexity index is 1070. The number of benzene rings is 2. The molecule has 2 aromatic rings. The van der Waals surface area contributed by atoms with E-state index in [4.69, 9.17) is 9.47 Å². The molecule has 1 N–H and O–H groups in total. The average molecular weight is 491 g/mol. The molecule has 0 saturated carbocycles. The summed E-state index contributed by atoms with van der Waals surface area (Å²) in [7, 11) is 3.10. The van der Waals surface area contributed by atoms with E-state index in [1.807, 2.05) is 6.92 Å². The van der Waals surface area contributed by atoms with Gasteiger partial charge in [-0.1, -0.05) is 22.0 Å². The standard InChI is InChI=1S/C21H19BrN2O5S/c1-4-24-19(25)18(10-13-9-16(28-2)17(29-3)11-15(13)22)30-21(24)23-14-7-5-6-12(8-14)20(26)27/h5-11H,4H2,1-3H3,(H,26,27). The molecular weight excluding hydrogens is 472 g/mol. The first kappa shape index (κ1) is 21.9. The van der Waals surface area contributed by atoms with Gasteiger partial charge in [-0.05, 0) is 60.7 Å². The lowest BCUT2D eigenvalue weighted by atomic mass is 10.2. The molecule has 1 aliphatic rings. The fourth-order valence-corrected chi connectivity index (χ4v) is 4.30. The molecule has 1 heterocycles. The van der Waals surface area contributed by atoms with E-state index in [2.05, 4.69) is 20.9 Å². The van der Waals surface area contributed by atoms with E-state index in [1.54, 1.807) is 49.5 Å². The van der Waals surface area contributed by atoms with Gasteiger partial charge in [0.05, 0.1) is 30.4 Å². The number of carbonyl (C=O) groups excluding carboxylic acids is 1. The summed E-state index contributed by atoms with van der Waals surface area (Å²) in [6.45, 7) is 2.30. The largest absolute Gasteiger partial charge is 0.493 e. The molecule has 0 aliphatic carbocycles. The number of carbonyl (C=O) groups is 2. The maximum absolute atomic E-state index is 12.9. The van der Waals surface area contributed by atoms with E-state index in [0.717, 1.165) is 10.0 Å². The number of likely N-dealkylation sites (N-methyl/N-ethyl adjacent to an activating group) is 1. The van der Waals surface area contributed by atoms with Gasteiger partial charge in [-0.2, -0.15) is 0 Å². The van der Waals surface area contributed by atoms with Crippen molar-refractivity contribution in [3.05, 3.63) is 56.9 Å². The van der Waals surface area contributed by atoms with Gasteiger partial charge in [-0.15, -0.1) is 0 Å². The van der Waals surface area contributed by atoms with Gasteiger partial charge < -0.3 is 14.6 Å². The zero-order valence-corrected chi connectivity index (χ0v) is 18.9. The maximum Gasteiger partial charge on any atom is 0.335 e. The van der Waals surface area contributed by atoms with Crippen molar-refractivity contribution in [1.29, 1.82) is 0 Å². The maximum atomic E-state index is 12.9. The molecule has 0 aromatic heterocycles. The van der Waals surface area contributed by atoms with Crippen LogP contribution >= 0.6 is 27.7 Å². The van der Waals surface area contributed by atoms with Crippen LogP contribution in [0.25, 0.3) is 6.08 Å². The molecule has 0 radical (unpaired) electrons. The van der Waals surface area contributed by atoms with E-state index >= 15 is 0 Å². The molecule has 1 fully saturated rings. The highest BCUT2D eigenvalue weighted by Gasteiger charge is 2.32. The number of halogens is 1. The summed E-state index contributed by atoms with van der Waals surface area (Å²) in [5.41, 5.74) is 1.37. The Morgan fingerprint density at radius 1 is 1.23 bits per heavy atom. The highest BCUT2D eigenvalue weighted by atomic mass is 79.9. The third-order valence-electron chi connectivity index (χ3n) is 4.31. The Balaban J connectivity index is 1.98. The van der Waals surface area contributed by atoms with E-state index in [0.29, 0.717) is 33.8 Å². The SMILES string of the molecule is CCN1C(=O)C(=Cc2cc(OC)c(OC)cc2Br)SC1=Nc1cccc(C(=O)O)c1. The minimum absolute atomic E-state index is 0.138. The molecule has 3 rings (SSSR count). The minimum atomic E-state index is -1.03. The molecule has 2 aromatic carbocycles. The summed E-state index contributed by atoms with van der Waals surface area (Å²) >= 11 is 4.74. The lowest BCUT2D eigenvalue weighted by Crippen LogP contribution is -2.28. The molecular formula is C21H19BrN2O5S. The van der Waals surface area contributed by atoms with E-state index in [1.165, 1.54) is 23.9 Å². The van der Waals surface area contributed by atoms with Crippen LogP contribution in [0.3, 0.4) is 0 Å². The van der Waals surface area contributed by atoms with Gasteiger partial charge in [0.2, 0.25) is 0 Å². The van der Waals surface area contributed by atoms with Crippen molar-refractivity contribution in [1.82, 2.24) is 4.90 Å².